The van der Waals surface area contributed by atoms with Gasteiger partial charge >= 0.3 is 0 Å². The summed E-state index contributed by atoms with van der Waals surface area (Å²) in [4.78, 5) is 14.7. The van der Waals surface area contributed by atoms with Crippen LogP contribution in [0.2, 0.25) is 0 Å². The Kier molecular flexibility index (Phi) is 5.96. The van der Waals surface area contributed by atoms with Gasteiger partial charge in [-0.15, -0.1) is 0 Å². The molecule has 0 aliphatic carbocycles. The molecule has 1 unspecified atom stereocenters. The number of hydrogen-bond donors (Lipinski definition) is 1. The Balaban J connectivity index is 1.86. The largest absolute Gasteiger partial charge is 0.496 e. The molecule has 0 radical (unpaired) electrons. The summed E-state index contributed by atoms with van der Waals surface area (Å²) in [5.41, 5.74) is 7.77. The van der Waals surface area contributed by atoms with Gasteiger partial charge in [-0.05, 0) is 63.8 Å². The van der Waals surface area contributed by atoms with E-state index in [4.69, 9.17) is 4.74 Å². The van der Waals surface area contributed by atoms with Crippen molar-refractivity contribution in [2.75, 3.05) is 18.6 Å². The Labute approximate surface area is 173 Å². The second-order valence-electron chi connectivity index (χ2n) is 8.38. The van der Waals surface area contributed by atoms with Crippen LogP contribution in [-0.2, 0) is 0 Å². The van der Waals surface area contributed by atoms with Crippen LogP contribution < -0.4 is 15.1 Å². The first-order valence-corrected chi connectivity index (χ1v) is 10.2. The summed E-state index contributed by atoms with van der Waals surface area (Å²) in [7, 11) is 1.66. The van der Waals surface area contributed by atoms with Gasteiger partial charge in [-0.1, -0.05) is 24.6 Å². The summed E-state index contributed by atoms with van der Waals surface area (Å²) in [6, 6.07) is 11.6. The van der Waals surface area contributed by atoms with Crippen molar-refractivity contribution < 1.29 is 9.53 Å². The molecule has 5 nitrogen and oxygen atoms in total. The highest BCUT2D eigenvalue weighted by atomic mass is 16.5. The van der Waals surface area contributed by atoms with Gasteiger partial charge in [0, 0.05) is 35.0 Å². The van der Waals surface area contributed by atoms with E-state index in [2.05, 4.69) is 55.3 Å². The molecule has 0 saturated carbocycles. The summed E-state index contributed by atoms with van der Waals surface area (Å²) in [5, 5.41) is 4.17. The van der Waals surface area contributed by atoms with E-state index in [0.717, 1.165) is 29.8 Å². The zero-order valence-corrected chi connectivity index (χ0v) is 18.2. The van der Waals surface area contributed by atoms with E-state index >= 15 is 0 Å². The molecular formula is C24H31N3O2. The smallest absolute Gasteiger partial charge is 0.271 e. The Morgan fingerprint density at radius 2 is 2.00 bits per heavy atom. The van der Waals surface area contributed by atoms with Crippen molar-refractivity contribution in [3.05, 3.63) is 58.7 Å². The number of rotatable bonds is 5. The topological polar surface area (TPSA) is 53.9 Å². The number of nitrogens with one attached hydrogen (secondary N) is 1. The number of anilines is 1. The number of ether oxygens (including phenoxy) is 1. The Morgan fingerprint density at radius 1 is 1.31 bits per heavy atom. The molecule has 29 heavy (non-hydrogen) atoms. The van der Waals surface area contributed by atoms with Gasteiger partial charge in [-0.2, -0.15) is 5.10 Å². The number of benzene rings is 2. The number of carbonyl (C=O) groups excluding carboxylic acids is 1. The lowest BCUT2D eigenvalue weighted by molar-refractivity contribution is 0.0955. The molecule has 5 heteroatoms. The van der Waals surface area contributed by atoms with Crippen LogP contribution in [0.25, 0.3) is 0 Å². The van der Waals surface area contributed by atoms with Crippen molar-refractivity contribution in [2.24, 2.45) is 5.10 Å². The Hall–Kier alpha value is -2.82. The fraction of sp³-hybridized carbons (Fsp3) is 0.417. The molecule has 1 aliphatic heterocycles. The molecule has 1 amide bonds. The van der Waals surface area contributed by atoms with Gasteiger partial charge in [0.2, 0.25) is 0 Å². The fourth-order valence-electron chi connectivity index (χ4n) is 4.33. The number of carbonyl (C=O) groups is 1. The highest BCUT2D eigenvalue weighted by molar-refractivity contribution is 5.95. The van der Waals surface area contributed by atoms with E-state index in [1.165, 1.54) is 11.3 Å². The van der Waals surface area contributed by atoms with Crippen LogP contribution in [0, 0.1) is 6.92 Å². The van der Waals surface area contributed by atoms with Gasteiger partial charge in [0.25, 0.3) is 5.91 Å². The van der Waals surface area contributed by atoms with Crippen molar-refractivity contribution in [2.45, 2.75) is 52.5 Å². The molecule has 1 aliphatic rings. The average molecular weight is 394 g/mol. The number of hydrogen-bond acceptors (Lipinski definition) is 4. The maximum Gasteiger partial charge on any atom is 0.271 e. The molecule has 2 aromatic carbocycles. The fourth-order valence-corrected chi connectivity index (χ4v) is 4.33. The van der Waals surface area contributed by atoms with Gasteiger partial charge < -0.3 is 9.64 Å². The number of fused-ring (bicyclic) bond motifs is 1. The quantitative estimate of drug-likeness (QED) is 0.582. The molecule has 1 heterocycles. The second kappa shape index (κ2) is 8.27. The molecule has 1 N–H and O–H groups in total. The van der Waals surface area contributed by atoms with E-state index in [9.17, 15) is 4.79 Å². The number of aryl methyl sites for hydroxylation is 1. The van der Waals surface area contributed by atoms with Gasteiger partial charge in [0.05, 0.1) is 13.3 Å². The standard InChI is InChI=1S/C24H31N3O2/c1-7-27-21-13-22(29-6)19(12-20(21)17(3)14-24(27,4)5)15-25-26-23(28)18-10-8-16(2)9-11-18/h8-13,15,17H,7,14H2,1-6H3,(H,26,28)/b25-15-. The minimum Gasteiger partial charge on any atom is -0.496 e. The van der Waals surface area contributed by atoms with Crippen molar-refractivity contribution in [1.82, 2.24) is 5.43 Å². The van der Waals surface area contributed by atoms with Crippen molar-refractivity contribution in [3.63, 3.8) is 0 Å². The van der Waals surface area contributed by atoms with Gasteiger partial charge in [-0.3, -0.25) is 4.79 Å². The summed E-state index contributed by atoms with van der Waals surface area (Å²) in [5.74, 6) is 0.953. The molecule has 1 atom stereocenters. The lowest BCUT2D eigenvalue weighted by Gasteiger charge is -2.47. The molecule has 0 aromatic heterocycles. The maximum atomic E-state index is 12.3. The number of hydrazone groups is 1. The minimum atomic E-state index is -0.231. The van der Waals surface area contributed by atoms with Crippen LogP contribution in [0.15, 0.2) is 41.5 Å². The van der Waals surface area contributed by atoms with Crippen LogP contribution in [0.1, 0.15) is 67.1 Å². The first-order chi connectivity index (χ1) is 13.8. The van der Waals surface area contributed by atoms with Gasteiger partial charge in [-0.25, -0.2) is 5.43 Å². The lowest BCUT2D eigenvalue weighted by Crippen LogP contribution is -2.48. The molecular weight excluding hydrogens is 362 g/mol. The number of amides is 1. The van der Waals surface area contributed by atoms with Crippen molar-refractivity contribution >= 4 is 17.8 Å². The van der Waals surface area contributed by atoms with E-state index in [1.54, 1.807) is 25.5 Å². The molecule has 0 fully saturated rings. The van der Waals surface area contributed by atoms with Crippen LogP contribution in [0.5, 0.6) is 5.75 Å². The summed E-state index contributed by atoms with van der Waals surface area (Å²) >= 11 is 0. The van der Waals surface area contributed by atoms with E-state index in [-0.39, 0.29) is 11.4 Å². The first-order valence-electron chi connectivity index (χ1n) is 10.2. The minimum absolute atomic E-state index is 0.101. The van der Waals surface area contributed by atoms with Crippen LogP contribution >= 0.6 is 0 Å². The lowest BCUT2D eigenvalue weighted by atomic mass is 9.79. The first kappa shape index (κ1) is 20.9. The SMILES string of the molecule is CCN1c2cc(OC)c(/C=N\NC(=O)c3ccc(C)cc3)cc2C(C)CC1(C)C. The highest BCUT2D eigenvalue weighted by Gasteiger charge is 2.36. The average Bonchev–Trinajstić information content (AvgIpc) is 2.68. The predicted molar refractivity (Wildman–Crippen MR) is 119 cm³/mol. The number of methoxy groups -OCH3 is 1. The molecule has 0 bridgehead atoms. The monoisotopic (exact) mass is 393 g/mol. The van der Waals surface area contributed by atoms with E-state index < -0.39 is 0 Å². The van der Waals surface area contributed by atoms with Crippen molar-refractivity contribution in [3.8, 4) is 5.75 Å². The molecule has 2 aromatic rings. The zero-order valence-electron chi connectivity index (χ0n) is 18.2. The normalized spacial score (nSPS) is 17.9. The molecule has 0 spiro atoms. The third kappa shape index (κ3) is 4.29. The van der Waals surface area contributed by atoms with Crippen LogP contribution in [-0.4, -0.2) is 31.3 Å². The molecule has 154 valence electrons. The van der Waals surface area contributed by atoms with Gasteiger partial charge in [0.1, 0.15) is 5.75 Å². The number of nitrogens with zero attached hydrogens (tertiary/aromatic N) is 2. The van der Waals surface area contributed by atoms with Crippen molar-refractivity contribution in [1.29, 1.82) is 0 Å². The van der Waals surface area contributed by atoms with E-state index in [0.29, 0.717) is 11.5 Å². The second-order valence-corrected chi connectivity index (χ2v) is 8.38. The summed E-state index contributed by atoms with van der Waals surface area (Å²) in [6.07, 6.45) is 2.74. The summed E-state index contributed by atoms with van der Waals surface area (Å²) < 4.78 is 5.63. The predicted octanol–water partition coefficient (Wildman–Crippen LogP) is 4.88. The summed E-state index contributed by atoms with van der Waals surface area (Å²) in [6.45, 7) is 12.0. The Bertz CT molecular complexity index is 916. The van der Waals surface area contributed by atoms with Crippen LogP contribution in [0.4, 0.5) is 5.69 Å². The molecule has 3 rings (SSSR count). The third-order valence-electron chi connectivity index (χ3n) is 5.74. The van der Waals surface area contributed by atoms with Gasteiger partial charge in [0.15, 0.2) is 0 Å². The third-order valence-corrected chi connectivity index (χ3v) is 5.74. The zero-order chi connectivity index (χ0) is 21.2. The molecule has 0 saturated heterocycles. The van der Waals surface area contributed by atoms with Crippen LogP contribution in [0.3, 0.4) is 0 Å². The highest BCUT2D eigenvalue weighted by Crippen LogP contribution is 2.45. The van der Waals surface area contributed by atoms with E-state index in [1.807, 2.05) is 19.1 Å². The maximum absolute atomic E-state index is 12.3. The Morgan fingerprint density at radius 3 is 2.62 bits per heavy atom.